The smallest absolute Gasteiger partial charge is 0.228 e. The average molecular weight is 418 g/mol. The fourth-order valence-electron chi connectivity index (χ4n) is 2.37. The number of amides is 1. The zero-order valence-corrected chi connectivity index (χ0v) is 13.6. The van der Waals surface area contributed by atoms with Crippen molar-refractivity contribution in [2.75, 3.05) is 5.32 Å². The highest BCUT2D eigenvalue weighted by Gasteiger charge is 2.23. The van der Waals surface area contributed by atoms with Crippen LogP contribution in [0.4, 0.5) is 10.1 Å². The Kier molecular flexibility index (Phi) is 3.90. The molecule has 0 bridgehead atoms. The third kappa shape index (κ3) is 2.77. The molecule has 0 saturated heterocycles. The normalized spacial score (nSPS) is 14.8. The maximum Gasteiger partial charge on any atom is 0.228 e. The Morgan fingerprint density at radius 2 is 2.05 bits per heavy atom. The van der Waals surface area contributed by atoms with Crippen molar-refractivity contribution in [2.24, 2.45) is 0 Å². The molecule has 1 amide bonds. The molecular formula is C15H10ClFINO2. The molecule has 2 aromatic rings. The summed E-state index contributed by atoms with van der Waals surface area (Å²) in [6.07, 6.45) is -0.696. The van der Waals surface area contributed by atoms with Gasteiger partial charge in [-0.25, -0.2) is 4.39 Å². The van der Waals surface area contributed by atoms with Crippen molar-refractivity contribution in [3.63, 3.8) is 0 Å². The van der Waals surface area contributed by atoms with Crippen LogP contribution < -0.4 is 5.32 Å². The summed E-state index contributed by atoms with van der Waals surface area (Å²) in [4.78, 5) is 11.4. The molecule has 3 rings (SSSR count). The zero-order valence-electron chi connectivity index (χ0n) is 10.7. The van der Waals surface area contributed by atoms with Crippen LogP contribution in [0.15, 0.2) is 30.3 Å². The molecule has 0 spiro atoms. The Hall–Kier alpha value is -1.18. The topological polar surface area (TPSA) is 49.3 Å². The number of carbonyl (C=O) groups excluding carboxylic acids is 1. The van der Waals surface area contributed by atoms with Crippen LogP contribution in [-0.2, 0) is 11.2 Å². The molecule has 1 atom stereocenters. The fraction of sp³-hybridized carbons (Fsp3) is 0.133. The summed E-state index contributed by atoms with van der Waals surface area (Å²) in [6, 6.07) is 7.55. The van der Waals surface area contributed by atoms with E-state index in [0.717, 1.165) is 5.56 Å². The van der Waals surface area contributed by atoms with Crippen molar-refractivity contribution in [3.05, 3.63) is 61.4 Å². The second-order valence-electron chi connectivity index (χ2n) is 4.82. The lowest BCUT2D eigenvalue weighted by molar-refractivity contribution is -0.115. The van der Waals surface area contributed by atoms with Gasteiger partial charge in [0.25, 0.3) is 0 Å². The number of hydrogen-bond acceptors (Lipinski definition) is 2. The van der Waals surface area contributed by atoms with Crippen molar-refractivity contribution in [1.82, 2.24) is 0 Å². The van der Waals surface area contributed by atoms with Gasteiger partial charge in [0.1, 0.15) is 11.9 Å². The molecule has 2 aromatic carbocycles. The number of halogens is 3. The molecule has 108 valence electrons. The van der Waals surface area contributed by atoms with Gasteiger partial charge in [0, 0.05) is 19.8 Å². The molecule has 0 radical (unpaired) electrons. The zero-order chi connectivity index (χ0) is 15.1. The number of carbonyl (C=O) groups is 1. The van der Waals surface area contributed by atoms with Crippen LogP contribution in [0.5, 0.6) is 0 Å². The van der Waals surface area contributed by atoms with Gasteiger partial charge in [-0.2, -0.15) is 0 Å². The second kappa shape index (κ2) is 5.55. The highest BCUT2D eigenvalue weighted by Crippen LogP contribution is 2.36. The van der Waals surface area contributed by atoms with Crippen LogP contribution in [0.25, 0.3) is 0 Å². The van der Waals surface area contributed by atoms with Gasteiger partial charge in [-0.1, -0.05) is 17.7 Å². The number of nitrogens with one attached hydrogen (secondary N) is 1. The predicted molar refractivity (Wildman–Crippen MR) is 87.0 cm³/mol. The van der Waals surface area contributed by atoms with Crippen molar-refractivity contribution >= 4 is 45.8 Å². The van der Waals surface area contributed by atoms with E-state index in [1.807, 2.05) is 22.6 Å². The van der Waals surface area contributed by atoms with Crippen LogP contribution in [0.3, 0.4) is 0 Å². The van der Waals surface area contributed by atoms with E-state index in [9.17, 15) is 14.3 Å². The molecule has 1 aliphatic heterocycles. The van der Waals surface area contributed by atoms with E-state index in [1.54, 1.807) is 12.1 Å². The molecule has 0 aromatic heterocycles. The van der Waals surface area contributed by atoms with Gasteiger partial charge >= 0.3 is 0 Å². The molecule has 0 fully saturated rings. The minimum absolute atomic E-state index is 0.0935. The van der Waals surface area contributed by atoms with Crippen molar-refractivity contribution in [2.45, 2.75) is 12.5 Å². The van der Waals surface area contributed by atoms with E-state index in [1.165, 1.54) is 18.2 Å². The summed E-state index contributed by atoms with van der Waals surface area (Å²) < 4.78 is 13.8. The fourth-order valence-corrected chi connectivity index (χ4v) is 3.41. The molecule has 1 aliphatic rings. The Balaban J connectivity index is 2.04. The Labute approximate surface area is 139 Å². The molecule has 1 unspecified atom stereocenters. The number of anilines is 1. The summed E-state index contributed by atoms with van der Waals surface area (Å²) >= 11 is 8.17. The maximum absolute atomic E-state index is 13.2. The van der Waals surface area contributed by atoms with Crippen LogP contribution in [0, 0.1) is 9.39 Å². The van der Waals surface area contributed by atoms with Crippen LogP contribution in [0.2, 0.25) is 5.02 Å². The van der Waals surface area contributed by atoms with Crippen LogP contribution in [-0.4, -0.2) is 11.0 Å². The van der Waals surface area contributed by atoms with Gasteiger partial charge in [-0.15, -0.1) is 0 Å². The first-order valence-corrected chi connectivity index (χ1v) is 7.66. The molecule has 0 aliphatic carbocycles. The van der Waals surface area contributed by atoms with Crippen molar-refractivity contribution < 1.29 is 14.3 Å². The minimum atomic E-state index is -0.967. The van der Waals surface area contributed by atoms with Gasteiger partial charge in [-0.3, -0.25) is 4.79 Å². The predicted octanol–water partition coefficient (Wildman–Crippen LogP) is 3.66. The molecule has 6 heteroatoms. The lowest BCUT2D eigenvalue weighted by Crippen LogP contribution is -2.04. The molecule has 1 heterocycles. The van der Waals surface area contributed by atoms with Gasteiger partial charge < -0.3 is 10.4 Å². The van der Waals surface area contributed by atoms with Gasteiger partial charge in [-0.05, 0) is 58.0 Å². The first kappa shape index (κ1) is 14.7. The quantitative estimate of drug-likeness (QED) is 0.733. The summed E-state index contributed by atoms with van der Waals surface area (Å²) in [7, 11) is 0. The summed E-state index contributed by atoms with van der Waals surface area (Å²) in [5.41, 5.74) is 2.57. The third-order valence-corrected chi connectivity index (χ3v) is 4.66. The number of rotatable bonds is 2. The lowest BCUT2D eigenvalue weighted by Gasteiger charge is -2.16. The monoisotopic (exact) mass is 417 g/mol. The number of aliphatic hydroxyl groups excluding tert-OH is 1. The summed E-state index contributed by atoms with van der Waals surface area (Å²) in [6.45, 7) is 0. The van der Waals surface area contributed by atoms with E-state index >= 15 is 0 Å². The largest absolute Gasteiger partial charge is 0.384 e. The second-order valence-corrected chi connectivity index (χ2v) is 6.39. The first-order chi connectivity index (χ1) is 9.95. The SMILES string of the molecule is O=C1Cc2cc(C(O)c3ccc(F)cc3I)c(Cl)cc2N1. The highest BCUT2D eigenvalue weighted by molar-refractivity contribution is 14.1. The van der Waals surface area contributed by atoms with E-state index < -0.39 is 6.10 Å². The summed E-state index contributed by atoms with van der Waals surface area (Å²) in [5, 5.41) is 13.6. The molecule has 0 saturated carbocycles. The summed E-state index contributed by atoms with van der Waals surface area (Å²) in [5.74, 6) is -0.450. The standard InChI is InChI=1S/C15H10ClFINO2/c16-11-6-13-7(4-14(20)19-13)3-10(11)15(21)9-2-1-8(17)5-12(9)18/h1-3,5-6,15,21H,4H2,(H,19,20). The van der Waals surface area contributed by atoms with Gasteiger partial charge in [0.05, 0.1) is 6.42 Å². The van der Waals surface area contributed by atoms with Gasteiger partial charge in [0.2, 0.25) is 5.91 Å². The van der Waals surface area contributed by atoms with Crippen LogP contribution >= 0.6 is 34.2 Å². The lowest BCUT2D eigenvalue weighted by atomic mass is 9.98. The van der Waals surface area contributed by atoms with Crippen LogP contribution in [0.1, 0.15) is 22.8 Å². The number of hydrogen-bond donors (Lipinski definition) is 2. The van der Waals surface area contributed by atoms with Gasteiger partial charge in [0.15, 0.2) is 0 Å². The third-order valence-electron chi connectivity index (χ3n) is 3.40. The number of fused-ring (bicyclic) bond motifs is 1. The average Bonchev–Trinajstić information content (AvgIpc) is 2.76. The van der Waals surface area contributed by atoms with E-state index in [4.69, 9.17) is 11.6 Å². The van der Waals surface area contributed by atoms with E-state index in [-0.39, 0.29) is 18.1 Å². The molecular weight excluding hydrogens is 408 g/mol. The Bertz CT molecular complexity index is 751. The molecule has 3 nitrogen and oxygen atoms in total. The number of aliphatic hydroxyl groups is 1. The molecule has 2 N–H and O–H groups in total. The Morgan fingerprint density at radius 1 is 1.29 bits per heavy atom. The minimum Gasteiger partial charge on any atom is -0.384 e. The maximum atomic E-state index is 13.2. The van der Waals surface area contributed by atoms with Crippen molar-refractivity contribution in [3.8, 4) is 0 Å². The first-order valence-electron chi connectivity index (χ1n) is 6.21. The Morgan fingerprint density at radius 3 is 2.76 bits per heavy atom. The van der Waals surface area contributed by atoms with Crippen molar-refractivity contribution in [1.29, 1.82) is 0 Å². The van der Waals surface area contributed by atoms with E-state index in [2.05, 4.69) is 5.32 Å². The number of benzene rings is 2. The van der Waals surface area contributed by atoms with E-state index in [0.29, 0.717) is 25.4 Å². The molecule has 21 heavy (non-hydrogen) atoms. The highest BCUT2D eigenvalue weighted by atomic mass is 127.